The molecule has 0 amide bonds. The van der Waals surface area contributed by atoms with Gasteiger partial charge in [-0.3, -0.25) is 4.98 Å². The summed E-state index contributed by atoms with van der Waals surface area (Å²) in [6, 6.07) is 4.78. The van der Waals surface area contributed by atoms with Gasteiger partial charge < -0.3 is 10.2 Å². The van der Waals surface area contributed by atoms with Crippen molar-refractivity contribution in [3.05, 3.63) is 24.0 Å². The minimum atomic E-state index is 0.384. The summed E-state index contributed by atoms with van der Waals surface area (Å²) in [6.07, 6.45) is 8.73. The average Bonchev–Trinajstić information content (AvgIpc) is 2.98. The van der Waals surface area contributed by atoms with Gasteiger partial charge in [0.05, 0.1) is 17.6 Å². The second kappa shape index (κ2) is 7.63. The van der Waals surface area contributed by atoms with Gasteiger partial charge in [-0.25, -0.2) is 0 Å². The first-order chi connectivity index (χ1) is 9.74. The molecule has 0 spiro atoms. The summed E-state index contributed by atoms with van der Waals surface area (Å²) in [5.74, 6) is 0.879. The monoisotopic (exact) mass is 275 g/mol. The Hall–Kier alpha value is -1.09. The second-order valence-electron chi connectivity index (χ2n) is 5.99. The molecular weight excluding hydrogens is 246 g/mol. The van der Waals surface area contributed by atoms with Gasteiger partial charge in [-0.1, -0.05) is 26.7 Å². The molecule has 1 atom stereocenters. The quantitative estimate of drug-likeness (QED) is 0.821. The molecule has 0 radical (unpaired) electrons. The van der Waals surface area contributed by atoms with E-state index in [9.17, 15) is 0 Å². The molecule has 112 valence electrons. The van der Waals surface area contributed by atoms with Gasteiger partial charge in [0.2, 0.25) is 0 Å². The smallest absolute Gasteiger partial charge is 0.0574 e. The maximum Gasteiger partial charge on any atom is 0.0574 e. The van der Waals surface area contributed by atoms with Crippen molar-refractivity contribution in [2.45, 2.75) is 52.0 Å². The highest BCUT2D eigenvalue weighted by atomic mass is 15.1. The van der Waals surface area contributed by atoms with Crippen molar-refractivity contribution in [3.63, 3.8) is 0 Å². The Morgan fingerprint density at radius 1 is 1.30 bits per heavy atom. The predicted molar refractivity (Wildman–Crippen MR) is 86.2 cm³/mol. The highest BCUT2D eigenvalue weighted by molar-refractivity contribution is 5.44. The van der Waals surface area contributed by atoms with Gasteiger partial charge in [-0.15, -0.1) is 0 Å². The van der Waals surface area contributed by atoms with E-state index in [-0.39, 0.29) is 0 Å². The normalized spacial score (nSPS) is 17.4. The highest BCUT2D eigenvalue weighted by Crippen LogP contribution is 2.27. The largest absolute Gasteiger partial charge is 0.373 e. The van der Waals surface area contributed by atoms with Crippen LogP contribution in [0.3, 0.4) is 0 Å². The van der Waals surface area contributed by atoms with Gasteiger partial charge in [0, 0.05) is 19.6 Å². The Bertz CT molecular complexity index is 382. The van der Waals surface area contributed by atoms with Crippen LogP contribution in [0.15, 0.2) is 18.3 Å². The van der Waals surface area contributed by atoms with Crippen molar-refractivity contribution in [1.29, 1.82) is 0 Å². The van der Waals surface area contributed by atoms with Gasteiger partial charge in [-0.2, -0.15) is 0 Å². The van der Waals surface area contributed by atoms with Crippen molar-refractivity contribution in [2.24, 2.45) is 5.92 Å². The zero-order chi connectivity index (χ0) is 14.4. The number of hydrogen-bond donors (Lipinski definition) is 1. The Kier molecular flexibility index (Phi) is 5.84. The first-order valence-electron chi connectivity index (χ1n) is 8.15. The number of anilines is 1. The number of rotatable bonds is 7. The molecule has 0 aliphatic heterocycles. The van der Waals surface area contributed by atoms with E-state index >= 15 is 0 Å². The summed E-state index contributed by atoms with van der Waals surface area (Å²) in [4.78, 5) is 7.02. The van der Waals surface area contributed by atoms with Crippen molar-refractivity contribution in [1.82, 2.24) is 10.3 Å². The minimum absolute atomic E-state index is 0.384. The molecule has 20 heavy (non-hydrogen) atoms. The van der Waals surface area contributed by atoms with Crippen LogP contribution in [0.1, 0.15) is 57.7 Å². The van der Waals surface area contributed by atoms with E-state index in [0.717, 1.165) is 24.6 Å². The Morgan fingerprint density at radius 3 is 2.60 bits per heavy atom. The third-order valence-electron chi connectivity index (χ3n) is 4.43. The van der Waals surface area contributed by atoms with Crippen LogP contribution in [0.4, 0.5) is 5.69 Å². The van der Waals surface area contributed by atoms with E-state index in [1.807, 2.05) is 6.20 Å². The molecule has 1 aromatic rings. The molecule has 1 N–H and O–H groups in total. The van der Waals surface area contributed by atoms with Crippen molar-refractivity contribution < 1.29 is 0 Å². The van der Waals surface area contributed by atoms with Crippen LogP contribution in [0.25, 0.3) is 0 Å². The lowest BCUT2D eigenvalue weighted by molar-refractivity contribution is 0.524. The fourth-order valence-electron chi connectivity index (χ4n) is 3.22. The van der Waals surface area contributed by atoms with Gasteiger partial charge in [0.1, 0.15) is 0 Å². The lowest BCUT2D eigenvalue weighted by atomic mass is 10.1. The van der Waals surface area contributed by atoms with E-state index < -0.39 is 0 Å². The molecule has 3 heteroatoms. The van der Waals surface area contributed by atoms with Crippen LogP contribution >= 0.6 is 0 Å². The summed E-state index contributed by atoms with van der Waals surface area (Å²) in [5.41, 5.74) is 2.40. The standard InChI is InChI=1S/C17H29N3/c1-4-16(18-5-2)17-11-10-15(12-19-17)20(3)13-14-8-6-7-9-14/h10-12,14,16,18H,4-9,13H2,1-3H3. The average molecular weight is 275 g/mol. The first kappa shape index (κ1) is 15.3. The van der Waals surface area contributed by atoms with E-state index in [1.54, 1.807) is 0 Å². The highest BCUT2D eigenvalue weighted by Gasteiger charge is 2.17. The lowest BCUT2D eigenvalue weighted by Gasteiger charge is -2.23. The molecule has 0 saturated heterocycles. The topological polar surface area (TPSA) is 28.2 Å². The van der Waals surface area contributed by atoms with E-state index in [1.165, 1.54) is 37.9 Å². The number of hydrogen-bond acceptors (Lipinski definition) is 3. The van der Waals surface area contributed by atoms with Crippen LogP contribution in [0.5, 0.6) is 0 Å². The van der Waals surface area contributed by atoms with E-state index in [0.29, 0.717) is 6.04 Å². The van der Waals surface area contributed by atoms with Crippen molar-refractivity contribution in [3.8, 4) is 0 Å². The first-order valence-corrected chi connectivity index (χ1v) is 8.15. The van der Waals surface area contributed by atoms with Crippen LogP contribution in [-0.4, -0.2) is 25.1 Å². The number of nitrogens with one attached hydrogen (secondary N) is 1. The summed E-state index contributed by atoms with van der Waals surface area (Å²) in [5, 5.41) is 3.48. The summed E-state index contributed by atoms with van der Waals surface area (Å²) >= 11 is 0. The molecule has 3 nitrogen and oxygen atoms in total. The SMILES string of the molecule is CCNC(CC)c1ccc(N(C)CC2CCCC2)cn1. The molecule has 1 heterocycles. The summed E-state index contributed by atoms with van der Waals surface area (Å²) in [6.45, 7) is 6.51. The lowest BCUT2D eigenvalue weighted by Crippen LogP contribution is -2.25. The van der Waals surface area contributed by atoms with Gasteiger partial charge >= 0.3 is 0 Å². The zero-order valence-corrected chi connectivity index (χ0v) is 13.2. The molecule has 1 aliphatic rings. The molecule has 0 bridgehead atoms. The third kappa shape index (κ3) is 3.95. The summed E-state index contributed by atoms with van der Waals surface area (Å²) in [7, 11) is 2.19. The molecule has 1 aromatic heterocycles. The maximum atomic E-state index is 4.66. The number of nitrogens with zero attached hydrogens (tertiary/aromatic N) is 2. The minimum Gasteiger partial charge on any atom is -0.373 e. The molecular formula is C17H29N3. The molecule has 1 unspecified atom stereocenters. The fraction of sp³-hybridized carbons (Fsp3) is 0.706. The van der Waals surface area contributed by atoms with Crippen LogP contribution in [0.2, 0.25) is 0 Å². The zero-order valence-electron chi connectivity index (χ0n) is 13.2. The molecule has 2 rings (SSSR count). The van der Waals surface area contributed by atoms with Crippen molar-refractivity contribution >= 4 is 5.69 Å². The molecule has 1 saturated carbocycles. The maximum absolute atomic E-state index is 4.66. The van der Waals surface area contributed by atoms with Crippen LogP contribution in [0, 0.1) is 5.92 Å². The molecule has 1 fully saturated rings. The predicted octanol–water partition coefficient (Wildman–Crippen LogP) is 3.77. The van der Waals surface area contributed by atoms with Crippen LogP contribution in [-0.2, 0) is 0 Å². The summed E-state index contributed by atoms with van der Waals surface area (Å²) < 4.78 is 0. The Balaban J connectivity index is 1.95. The van der Waals surface area contributed by atoms with Gasteiger partial charge in [-0.05, 0) is 43.9 Å². The third-order valence-corrected chi connectivity index (χ3v) is 4.43. The van der Waals surface area contributed by atoms with Crippen LogP contribution < -0.4 is 10.2 Å². The van der Waals surface area contributed by atoms with Gasteiger partial charge in [0.25, 0.3) is 0 Å². The Morgan fingerprint density at radius 2 is 2.05 bits per heavy atom. The van der Waals surface area contributed by atoms with Gasteiger partial charge in [0.15, 0.2) is 0 Å². The Labute approximate surface area is 123 Å². The van der Waals surface area contributed by atoms with E-state index in [4.69, 9.17) is 0 Å². The fourth-order valence-corrected chi connectivity index (χ4v) is 3.22. The van der Waals surface area contributed by atoms with Crippen molar-refractivity contribution in [2.75, 3.05) is 25.0 Å². The number of aromatic nitrogens is 1. The molecule has 0 aromatic carbocycles. The number of pyridine rings is 1. The van der Waals surface area contributed by atoms with E-state index in [2.05, 4.69) is 48.2 Å². The second-order valence-corrected chi connectivity index (χ2v) is 5.99. The molecule has 1 aliphatic carbocycles.